The van der Waals surface area contributed by atoms with Gasteiger partial charge in [-0.25, -0.2) is 13.4 Å². The number of hydrogen-bond donors (Lipinski definition) is 2. The van der Waals surface area contributed by atoms with Crippen LogP contribution in [-0.2, 0) is 10.0 Å². The zero-order valence-corrected chi connectivity index (χ0v) is 13.9. The van der Waals surface area contributed by atoms with Gasteiger partial charge in [0.05, 0.1) is 11.9 Å². The molecule has 1 heterocycles. The van der Waals surface area contributed by atoms with Gasteiger partial charge in [-0.05, 0) is 36.4 Å². The van der Waals surface area contributed by atoms with E-state index in [1.54, 1.807) is 24.3 Å². The molecule has 0 saturated carbocycles. The van der Waals surface area contributed by atoms with Crippen molar-refractivity contribution in [3.63, 3.8) is 0 Å². The van der Waals surface area contributed by atoms with Crippen LogP contribution in [-0.4, -0.2) is 24.8 Å². The Balaban J connectivity index is 1.84. The van der Waals surface area contributed by atoms with Crippen LogP contribution in [0.5, 0.6) is 5.75 Å². The Morgan fingerprint density at radius 1 is 1.00 bits per heavy atom. The quantitative estimate of drug-likeness (QED) is 0.757. The monoisotopic (exact) mass is 346 g/mol. The zero-order valence-electron chi connectivity index (χ0n) is 12.2. The van der Waals surface area contributed by atoms with E-state index < -0.39 is 10.0 Å². The lowest BCUT2D eigenvalue weighted by molar-refractivity contribution is 0.475. The predicted molar refractivity (Wildman–Crippen MR) is 93.1 cm³/mol. The van der Waals surface area contributed by atoms with Gasteiger partial charge < -0.3 is 5.11 Å². The highest BCUT2D eigenvalue weighted by molar-refractivity contribution is 7.92. The number of benzene rings is 2. The van der Waals surface area contributed by atoms with Gasteiger partial charge in [-0.15, -0.1) is 11.3 Å². The Hall–Kier alpha value is -2.38. The molecule has 0 aliphatic rings. The molecule has 0 spiro atoms. The summed E-state index contributed by atoms with van der Waals surface area (Å²) in [5.74, 6) is 0.222. The van der Waals surface area contributed by atoms with Crippen molar-refractivity contribution in [3.05, 3.63) is 53.9 Å². The fourth-order valence-electron chi connectivity index (χ4n) is 2.07. The number of nitrogens with one attached hydrogen (secondary N) is 1. The molecule has 118 valence electrons. The Kier molecular flexibility index (Phi) is 4.06. The maximum absolute atomic E-state index is 11.2. The van der Waals surface area contributed by atoms with E-state index in [0.29, 0.717) is 5.69 Å². The molecule has 0 bridgehead atoms. The third-order valence-corrected chi connectivity index (χ3v) is 4.60. The Bertz CT molecular complexity index is 915. The first kappa shape index (κ1) is 15.5. The highest BCUT2D eigenvalue weighted by Crippen LogP contribution is 2.30. The van der Waals surface area contributed by atoms with Crippen molar-refractivity contribution in [2.75, 3.05) is 11.0 Å². The van der Waals surface area contributed by atoms with E-state index in [1.807, 2.05) is 29.6 Å². The van der Waals surface area contributed by atoms with Crippen LogP contribution in [0.15, 0.2) is 53.9 Å². The normalized spacial score (nSPS) is 11.3. The first-order valence-electron chi connectivity index (χ1n) is 6.74. The molecule has 3 rings (SSSR count). The summed E-state index contributed by atoms with van der Waals surface area (Å²) in [6.07, 6.45) is 1.12. The Morgan fingerprint density at radius 3 is 2.22 bits per heavy atom. The highest BCUT2D eigenvalue weighted by atomic mass is 32.2. The standard InChI is InChI=1S/C16H14N2O3S2/c1-23(20,21)18-13-6-2-11(3-7-13)15-10-22-16(17-15)12-4-8-14(19)9-5-12/h2-10,18-19H,1H3. The Morgan fingerprint density at radius 2 is 1.61 bits per heavy atom. The number of nitrogens with zero attached hydrogens (tertiary/aromatic N) is 1. The summed E-state index contributed by atoms with van der Waals surface area (Å²) in [6.45, 7) is 0. The number of hydrogen-bond acceptors (Lipinski definition) is 5. The lowest BCUT2D eigenvalue weighted by Gasteiger charge is -2.04. The third kappa shape index (κ3) is 3.88. The van der Waals surface area contributed by atoms with Crippen molar-refractivity contribution in [2.24, 2.45) is 0 Å². The van der Waals surface area contributed by atoms with E-state index in [2.05, 4.69) is 9.71 Å². The summed E-state index contributed by atoms with van der Waals surface area (Å²) in [5.41, 5.74) is 3.19. The molecule has 0 atom stereocenters. The number of anilines is 1. The van der Waals surface area contributed by atoms with Crippen molar-refractivity contribution in [2.45, 2.75) is 0 Å². The summed E-state index contributed by atoms with van der Waals surface area (Å²) < 4.78 is 24.8. The fourth-order valence-corrected chi connectivity index (χ4v) is 3.47. The number of aromatic nitrogens is 1. The molecule has 23 heavy (non-hydrogen) atoms. The summed E-state index contributed by atoms with van der Waals surface area (Å²) in [5, 5.41) is 12.1. The molecule has 2 aromatic carbocycles. The molecule has 0 fully saturated rings. The molecule has 3 aromatic rings. The molecular weight excluding hydrogens is 332 g/mol. The first-order chi connectivity index (χ1) is 10.9. The van der Waals surface area contributed by atoms with E-state index in [1.165, 1.54) is 11.3 Å². The second-order valence-corrected chi connectivity index (χ2v) is 7.64. The van der Waals surface area contributed by atoms with Crippen LogP contribution in [0, 0.1) is 0 Å². The maximum atomic E-state index is 11.2. The molecule has 5 nitrogen and oxygen atoms in total. The van der Waals surface area contributed by atoms with Crippen molar-refractivity contribution < 1.29 is 13.5 Å². The topological polar surface area (TPSA) is 79.3 Å². The zero-order chi connectivity index (χ0) is 16.4. The van der Waals surface area contributed by atoms with Crippen LogP contribution in [0.4, 0.5) is 5.69 Å². The summed E-state index contributed by atoms with van der Waals surface area (Å²) >= 11 is 1.51. The van der Waals surface area contributed by atoms with Crippen LogP contribution in [0.3, 0.4) is 0 Å². The van der Waals surface area contributed by atoms with Gasteiger partial charge in [0.25, 0.3) is 0 Å². The van der Waals surface area contributed by atoms with Crippen molar-refractivity contribution in [3.8, 4) is 27.6 Å². The predicted octanol–water partition coefficient (Wildman–Crippen LogP) is 3.55. The molecule has 0 saturated heterocycles. The third-order valence-electron chi connectivity index (χ3n) is 3.10. The molecule has 0 aliphatic heterocycles. The molecule has 0 amide bonds. The molecular formula is C16H14N2O3S2. The number of rotatable bonds is 4. The van der Waals surface area contributed by atoms with E-state index in [4.69, 9.17) is 0 Å². The van der Waals surface area contributed by atoms with Crippen molar-refractivity contribution in [1.82, 2.24) is 4.98 Å². The average Bonchev–Trinajstić information content (AvgIpc) is 2.97. The SMILES string of the molecule is CS(=O)(=O)Nc1ccc(-c2csc(-c3ccc(O)cc3)n2)cc1. The highest BCUT2D eigenvalue weighted by Gasteiger charge is 2.08. The lowest BCUT2D eigenvalue weighted by atomic mass is 10.1. The van der Waals surface area contributed by atoms with Crippen molar-refractivity contribution >= 4 is 27.0 Å². The van der Waals surface area contributed by atoms with Gasteiger partial charge in [0.1, 0.15) is 10.8 Å². The molecule has 0 unspecified atom stereocenters. The van der Waals surface area contributed by atoms with Gasteiger partial charge in [0, 0.05) is 22.2 Å². The lowest BCUT2D eigenvalue weighted by Crippen LogP contribution is -2.09. The van der Waals surface area contributed by atoms with Crippen molar-refractivity contribution in [1.29, 1.82) is 0 Å². The molecule has 7 heteroatoms. The molecule has 0 aliphatic carbocycles. The second-order valence-electron chi connectivity index (χ2n) is 5.04. The molecule has 2 N–H and O–H groups in total. The van der Waals surface area contributed by atoms with Crippen LogP contribution >= 0.6 is 11.3 Å². The van der Waals surface area contributed by atoms with E-state index in [0.717, 1.165) is 28.1 Å². The largest absolute Gasteiger partial charge is 0.508 e. The van der Waals surface area contributed by atoms with E-state index >= 15 is 0 Å². The molecule has 0 radical (unpaired) electrons. The van der Waals surface area contributed by atoms with Crippen LogP contribution < -0.4 is 4.72 Å². The van der Waals surface area contributed by atoms with Gasteiger partial charge in [-0.3, -0.25) is 4.72 Å². The van der Waals surface area contributed by atoms with Gasteiger partial charge in [-0.2, -0.15) is 0 Å². The minimum absolute atomic E-state index is 0.222. The van der Waals surface area contributed by atoms with Gasteiger partial charge >= 0.3 is 0 Å². The summed E-state index contributed by atoms with van der Waals surface area (Å²) in [6, 6.07) is 13.9. The number of sulfonamides is 1. The average molecular weight is 346 g/mol. The van der Waals surface area contributed by atoms with Crippen LogP contribution in [0.2, 0.25) is 0 Å². The smallest absolute Gasteiger partial charge is 0.229 e. The van der Waals surface area contributed by atoms with E-state index in [-0.39, 0.29) is 5.75 Å². The number of thiazole rings is 1. The molecule has 1 aromatic heterocycles. The second kappa shape index (κ2) is 6.02. The fraction of sp³-hybridized carbons (Fsp3) is 0.0625. The number of phenols is 1. The van der Waals surface area contributed by atoms with Gasteiger partial charge in [-0.1, -0.05) is 12.1 Å². The van der Waals surface area contributed by atoms with E-state index in [9.17, 15) is 13.5 Å². The minimum atomic E-state index is -3.27. The number of aromatic hydroxyl groups is 1. The van der Waals surface area contributed by atoms with Gasteiger partial charge in [0.2, 0.25) is 10.0 Å². The van der Waals surface area contributed by atoms with Crippen LogP contribution in [0.25, 0.3) is 21.8 Å². The minimum Gasteiger partial charge on any atom is -0.508 e. The van der Waals surface area contributed by atoms with Crippen LogP contribution in [0.1, 0.15) is 0 Å². The van der Waals surface area contributed by atoms with Gasteiger partial charge in [0.15, 0.2) is 0 Å². The maximum Gasteiger partial charge on any atom is 0.229 e. The summed E-state index contributed by atoms with van der Waals surface area (Å²) in [4.78, 5) is 4.58. The first-order valence-corrected chi connectivity index (χ1v) is 9.51. The Labute approximate surface area is 138 Å². The number of phenolic OH excluding ortho intramolecular Hbond substituents is 1. The summed E-state index contributed by atoms with van der Waals surface area (Å²) in [7, 11) is -3.27.